The summed E-state index contributed by atoms with van der Waals surface area (Å²) in [5.74, 6) is 0.231. The Hall–Kier alpha value is -0.870. The fraction of sp³-hybridized carbons (Fsp3) is 0.615. The molecule has 0 saturated carbocycles. The van der Waals surface area contributed by atoms with Crippen LogP contribution in [0.4, 0.5) is 0 Å². The maximum atomic E-state index is 12.2. The Kier molecular flexibility index (Phi) is 3.84. The van der Waals surface area contributed by atoms with Gasteiger partial charge in [-0.05, 0) is 42.2 Å². The van der Waals surface area contributed by atoms with E-state index in [4.69, 9.17) is 0 Å². The molecule has 0 radical (unpaired) electrons. The van der Waals surface area contributed by atoms with E-state index >= 15 is 0 Å². The van der Waals surface area contributed by atoms with E-state index < -0.39 is 0 Å². The van der Waals surface area contributed by atoms with Gasteiger partial charge in [0.05, 0.1) is 6.04 Å². The lowest BCUT2D eigenvalue weighted by Crippen LogP contribution is -2.39. The molecule has 1 fully saturated rings. The van der Waals surface area contributed by atoms with Gasteiger partial charge in [0.25, 0.3) is 0 Å². The van der Waals surface area contributed by atoms with E-state index in [1.807, 2.05) is 11.8 Å². The van der Waals surface area contributed by atoms with E-state index in [9.17, 15) is 4.79 Å². The van der Waals surface area contributed by atoms with Crippen LogP contribution in [-0.4, -0.2) is 22.9 Å². The van der Waals surface area contributed by atoms with Crippen LogP contribution < -0.4 is 5.32 Å². The Morgan fingerprint density at radius 2 is 2.18 bits per heavy atom. The van der Waals surface area contributed by atoms with Crippen molar-refractivity contribution < 1.29 is 4.79 Å². The smallest absolute Gasteiger partial charge is 0.241 e. The zero-order chi connectivity index (χ0) is 12.4. The molecule has 1 saturated heterocycles. The van der Waals surface area contributed by atoms with Gasteiger partial charge < -0.3 is 4.90 Å². The number of thiophene rings is 1. The molecule has 1 aromatic heterocycles. The van der Waals surface area contributed by atoms with Gasteiger partial charge in [-0.2, -0.15) is 11.3 Å². The van der Waals surface area contributed by atoms with Gasteiger partial charge in [-0.1, -0.05) is 13.8 Å². The quantitative estimate of drug-likeness (QED) is 0.893. The first kappa shape index (κ1) is 12.6. The van der Waals surface area contributed by atoms with Crippen molar-refractivity contribution in [2.24, 2.45) is 0 Å². The third-order valence-corrected chi connectivity index (χ3v) is 4.21. The van der Waals surface area contributed by atoms with Crippen LogP contribution in [0.5, 0.6) is 0 Å². The summed E-state index contributed by atoms with van der Waals surface area (Å²) in [6, 6.07) is 2.37. The lowest BCUT2D eigenvalue weighted by molar-refractivity contribution is -0.132. The van der Waals surface area contributed by atoms with Crippen LogP contribution >= 0.6 is 11.3 Å². The van der Waals surface area contributed by atoms with Gasteiger partial charge in [-0.3, -0.25) is 10.1 Å². The number of carbonyl (C=O) groups is 1. The lowest BCUT2D eigenvalue weighted by Gasteiger charge is -2.31. The highest BCUT2D eigenvalue weighted by atomic mass is 32.1. The molecule has 2 heterocycles. The minimum atomic E-state index is -0.0690. The molecule has 1 amide bonds. The van der Waals surface area contributed by atoms with Crippen LogP contribution in [0.3, 0.4) is 0 Å². The molecule has 17 heavy (non-hydrogen) atoms. The van der Waals surface area contributed by atoms with Crippen molar-refractivity contribution in [1.82, 2.24) is 10.2 Å². The fourth-order valence-corrected chi connectivity index (χ4v) is 3.18. The first-order chi connectivity index (χ1) is 8.19. The monoisotopic (exact) mass is 252 g/mol. The Labute approximate surface area is 107 Å². The maximum Gasteiger partial charge on any atom is 0.241 e. The Bertz CT molecular complexity index is 373. The molecule has 1 aliphatic rings. The maximum absolute atomic E-state index is 12.2. The Morgan fingerprint density at radius 1 is 1.47 bits per heavy atom. The van der Waals surface area contributed by atoms with Crippen LogP contribution in [0, 0.1) is 0 Å². The van der Waals surface area contributed by atoms with E-state index in [0.717, 1.165) is 12.8 Å². The Morgan fingerprint density at radius 3 is 2.71 bits per heavy atom. The molecule has 0 spiro atoms. The summed E-state index contributed by atoms with van der Waals surface area (Å²) in [5.41, 5.74) is 1.21. The van der Waals surface area contributed by atoms with Crippen LogP contribution in [0.2, 0.25) is 0 Å². The first-order valence-electron chi connectivity index (χ1n) is 6.29. The number of carbonyl (C=O) groups excluding carboxylic acids is 1. The van der Waals surface area contributed by atoms with Crippen molar-refractivity contribution >= 4 is 17.2 Å². The summed E-state index contributed by atoms with van der Waals surface area (Å²) in [6.45, 7) is 6.24. The summed E-state index contributed by atoms with van der Waals surface area (Å²) < 4.78 is 0. The largest absolute Gasteiger partial charge is 0.319 e. The molecule has 94 valence electrons. The van der Waals surface area contributed by atoms with E-state index in [1.54, 1.807) is 11.3 Å². The zero-order valence-electron chi connectivity index (χ0n) is 10.6. The van der Waals surface area contributed by atoms with Crippen molar-refractivity contribution in [1.29, 1.82) is 0 Å². The second-order valence-corrected chi connectivity index (χ2v) is 5.34. The standard InChI is InChI=1S/C13H20N2OS/c1-4-11(5-2)15-12(10-6-7-17-8-10)14-9(3)13(15)16/h6-9,11-12,14H,4-5H2,1-3H3. The molecule has 2 rings (SSSR count). The summed E-state index contributed by atoms with van der Waals surface area (Å²) in [4.78, 5) is 14.3. The number of rotatable bonds is 4. The molecule has 1 N–H and O–H groups in total. The predicted octanol–water partition coefficient (Wildman–Crippen LogP) is 2.76. The normalized spacial score (nSPS) is 24.9. The van der Waals surface area contributed by atoms with Gasteiger partial charge in [0.2, 0.25) is 5.91 Å². The van der Waals surface area contributed by atoms with E-state index in [2.05, 4.69) is 36.0 Å². The summed E-state index contributed by atoms with van der Waals surface area (Å²) in [6.07, 6.45) is 2.09. The SMILES string of the molecule is CCC(CC)N1C(=O)C(C)NC1c1ccsc1. The molecule has 0 bridgehead atoms. The van der Waals surface area contributed by atoms with Gasteiger partial charge >= 0.3 is 0 Å². The van der Waals surface area contributed by atoms with Crippen molar-refractivity contribution in [2.75, 3.05) is 0 Å². The van der Waals surface area contributed by atoms with Gasteiger partial charge in [0.1, 0.15) is 6.17 Å². The Balaban J connectivity index is 2.28. The van der Waals surface area contributed by atoms with Gasteiger partial charge in [0, 0.05) is 6.04 Å². The average Bonchev–Trinajstić information content (AvgIpc) is 2.93. The van der Waals surface area contributed by atoms with Crippen molar-refractivity contribution in [3.05, 3.63) is 22.4 Å². The fourth-order valence-electron chi connectivity index (χ4n) is 2.50. The molecule has 2 unspecified atom stereocenters. The highest BCUT2D eigenvalue weighted by Gasteiger charge is 2.40. The minimum absolute atomic E-state index is 0.0636. The summed E-state index contributed by atoms with van der Waals surface area (Å²) in [5, 5.41) is 7.58. The number of hydrogen-bond acceptors (Lipinski definition) is 3. The van der Waals surface area contributed by atoms with E-state index in [1.165, 1.54) is 5.56 Å². The molecule has 4 heteroatoms. The summed E-state index contributed by atoms with van der Waals surface area (Å²) >= 11 is 1.68. The zero-order valence-corrected chi connectivity index (χ0v) is 11.5. The molecule has 1 aliphatic heterocycles. The van der Waals surface area contributed by atoms with E-state index in [-0.39, 0.29) is 18.1 Å². The van der Waals surface area contributed by atoms with Gasteiger partial charge in [-0.15, -0.1) is 0 Å². The second kappa shape index (κ2) is 5.19. The average molecular weight is 252 g/mol. The van der Waals surface area contributed by atoms with Gasteiger partial charge in [0.15, 0.2) is 0 Å². The number of nitrogens with one attached hydrogen (secondary N) is 1. The third-order valence-electron chi connectivity index (χ3n) is 3.51. The van der Waals surface area contributed by atoms with E-state index in [0.29, 0.717) is 6.04 Å². The van der Waals surface area contributed by atoms with Crippen molar-refractivity contribution in [3.8, 4) is 0 Å². The number of nitrogens with zero attached hydrogens (tertiary/aromatic N) is 1. The first-order valence-corrected chi connectivity index (χ1v) is 7.23. The molecular weight excluding hydrogens is 232 g/mol. The predicted molar refractivity (Wildman–Crippen MR) is 70.9 cm³/mol. The highest BCUT2D eigenvalue weighted by molar-refractivity contribution is 7.07. The number of hydrogen-bond donors (Lipinski definition) is 1. The summed E-state index contributed by atoms with van der Waals surface area (Å²) in [7, 11) is 0. The highest BCUT2D eigenvalue weighted by Crippen LogP contribution is 2.30. The third kappa shape index (κ3) is 2.24. The van der Waals surface area contributed by atoms with Crippen LogP contribution in [0.1, 0.15) is 45.3 Å². The minimum Gasteiger partial charge on any atom is -0.319 e. The lowest BCUT2D eigenvalue weighted by atomic mass is 10.1. The molecule has 0 aliphatic carbocycles. The molecule has 2 atom stereocenters. The van der Waals surface area contributed by atoms with Gasteiger partial charge in [-0.25, -0.2) is 0 Å². The topological polar surface area (TPSA) is 32.3 Å². The van der Waals surface area contributed by atoms with Crippen molar-refractivity contribution in [3.63, 3.8) is 0 Å². The second-order valence-electron chi connectivity index (χ2n) is 4.56. The van der Waals surface area contributed by atoms with Crippen LogP contribution in [0.15, 0.2) is 16.8 Å². The van der Waals surface area contributed by atoms with Crippen LogP contribution in [0.25, 0.3) is 0 Å². The van der Waals surface area contributed by atoms with Crippen LogP contribution in [-0.2, 0) is 4.79 Å². The molecular formula is C13H20N2OS. The molecule has 0 aromatic carbocycles. The molecule has 1 aromatic rings. The van der Waals surface area contributed by atoms with Crippen molar-refractivity contribution in [2.45, 2.75) is 51.9 Å². The molecule has 3 nitrogen and oxygen atoms in total. The number of amides is 1.